The van der Waals surface area contributed by atoms with Gasteiger partial charge in [-0.3, -0.25) is 29.1 Å². The van der Waals surface area contributed by atoms with Crippen LogP contribution in [-0.4, -0.2) is 52.2 Å². The number of hydrogen-bond acceptors (Lipinski definition) is 6. The maximum Gasteiger partial charge on any atom is 0.328 e. The third kappa shape index (κ3) is 5.97. The highest BCUT2D eigenvalue weighted by molar-refractivity contribution is 5.95. The highest BCUT2D eigenvalue weighted by Crippen LogP contribution is 2.13. The topological polar surface area (TPSA) is 131 Å². The second-order valence-electron chi connectivity index (χ2n) is 7.72. The second kappa shape index (κ2) is 11.1. The molecule has 10 heteroatoms. The summed E-state index contributed by atoms with van der Waals surface area (Å²) in [5, 5.41) is 5.48. The van der Waals surface area contributed by atoms with Crippen molar-refractivity contribution in [2.45, 2.75) is 26.8 Å². The number of hydrogen-bond donors (Lipinski definition) is 2. The monoisotopic (exact) mass is 466 g/mol. The zero-order valence-electron chi connectivity index (χ0n) is 19.0. The van der Waals surface area contributed by atoms with Gasteiger partial charge in [0.2, 0.25) is 5.91 Å². The zero-order valence-corrected chi connectivity index (χ0v) is 19.0. The van der Waals surface area contributed by atoms with Gasteiger partial charge in [-0.1, -0.05) is 37.3 Å². The number of carbonyl (C=O) groups excluding carboxylic acids is 3. The number of aromatic nitrogens is 2. The summed E-state index contributed by atoms with van der Waals surface area (Å²) < 4.78 is 5.86. The van der Waals surface area contributed by atoms with E-state index < -0.39 is 36.1 Å². The molecule has 1 aromatic heterocycles. The van der Waals surface area contributed by atoms with Crippen molar-refractivity contribution in [1.82, 2.24) is 14.7 Å². The summed E-state index contributed by atoms with van der Waals surface area (Å²) in [4.78, 5) is 63.2. The molecule has 2 N–H and O–H groups in total. The Morgan fingerprint density at radius 3 is 2.41 bits per heavy atom. The highest BCUT2D eigenvalue weighted by Gasteiger charge is 2.19. The molecule has 0 aliphatic carbocycles. The van der Waals surface area contributed by atoms with Crippen LogP contribution in [0.2, 0.25) is 0 Å². The van der Waals surface area contributed by atoms with Gasteiger partial charge in [-0.25, -0.2) is 4.68 Å². The maximum absolute atomic E-state index is 12.6. The lowest BCUT2D eigenvalue weighted by Gasteiger charge is -2.21. The molecule has 3 aromatic rings. The van der Waals surface area contributed by atoms with Gasteiger partial charge in [0.1, 0.15) is 6.54 Å². The van der Waals surface area contributed by atoms with Gasteiger partial charge in [0.15, 0.2) is 6.61 Å². The molecule has 0 aliphatic heterocycles. The van der Waals surface area contributed by atoms with E-state index in [0.29, 0.717) is 18.7 Å². The molecule has 0 spiro atoms. The van der Waals surface area contributed by atoms with Crippen molar-refractivity contribution in [2.24, 2.45) is 0 Å². The van der Waals surface area contributed by atoms with E-state index in [1.807, 2.05) is 26.0 Å². The summed E-state index contributed by atoms with van der Waals surface area (Å²) in [7, 11) is 0. The van der Waals surface area contributed by atoms with Crippen molar-refractivity contribution in [3.63, 3.8) is 0 Å². The van der Waals surface area contributed by atoms with E-state index in [0.717, 1.165) is 10.2 Å². The van der Waals surface area contributed by atoms with Gasteiger partial charge in [0.25, 0.3) is 17.0 Å². The molecule has 0 radical (unpaired) electrons. The van der Waals surface area contributed by atoms with Gasteiger partial charge < -0.3 is 15.0 Å². The van der Waals surface area contributed by atoms with Gasteiger partial charge in [0, 0.05) is 12.2 Å². The largest absolute Gasteiger partial charge is 0.454 e. The SMILES string of the molecule is CCCN(CC(=O)Nc1ccccc1C)C(=O)COC(=O)Cn1[nH]c(=O)c2ccccc2c1=O. The number of H-pyrrole nitrogens is 1. The average molecular weight is 466 g/mol. The fraction of sp³-hybridized carbons (Fsp3) is 0.292. The first-order chi connectivity index (χ1) is 16.3. The number of nitrogens with one attached hydrogen (secondary N) is 2. The minimum Gasteiger partial charge on any atom is -0.454 e. The van der Waals surface area contributed by atoms with Crippen LogP contribution in [-0.2, 0) is 25.7 Å². The number of ether oxygens (including phenoxy) is 1. The number of aryl methyl sites for hydroxylation is 1. The number of aromatic amines is 1. The van der Waals surface area contributed by atoms with Gasteiger partial charge >= 0.3 is 5.97 Å². The molecule has 2 amide bonds. The molecule has 0 bridgehead atoms. The van der Waals surface area contributed by atoms with Gasteiger partial charge in [-0.05, 0) is 37.1 Å². The van der Waals surface area contributed by atoms with Crippen molar-refractivity contribution >= 4 is 34.2 Å². The first kappa shape index (κ1) is 24.4. The van der Waals surface area contributed by atoms with E-state index in [4.69, 9.17) is 4.74 Å². The lowest BCUT2D eigenvalue weighted by atomic mass is 10.2. The number of amides is 2. The third-order valence-corrected chi connectivity index (χ3v) is 5.13. The zero-order chi connectivity index (χ0) is 24.7. The van der Waals surface area contributed by atoms with Crippen LogP contribution in [0, 0.1) is 6.92 Å². The minimum atomic E-state index is -0.873. The van der Waals surface area contributed by atoms with Crippen molar-refractivity contribution in [2.75, 3.05) is 25.0 Å². The maximum atomic E-state index is 12.6. The molecule has 34 heavy (non-hydrogen) atoms. The fourth-order valence-corrected chi connectivity index (χ4v) is 3.40. The predicted molar refractivity (Wildman–Crippen MR) is 126 cm³/mol. The first-order valence-corrected chi connectivity index (χ1v) is 10.8. The summed E-state index contributed by atoms with van der Waals surface area (Å²) in [6.45, 7) is 2.66. The Morgan fingerprint density at radius 1 is 1.03 bits per heavy atom. The molecule has 0 saturated heterocycles. The summed E-state index contributed by atoms with van der Waals surface area (Å²) in [6, 6.07) is 13.5. The van der Waals surface area contributed by atoms with Crippen molar-refractivity contribution < 1.29 is 19.1 Å². The fourth-order valence-electron chi connectivity index (χ4n) is 3.40. The Morgan fingerprint density at radius 2 is 1.71 bits per heavy atom. The number of carbonyl (C=O) groups is 3. The molecular weight excluding hydrogens is 440 g/mol. The molecule has 0 unspecified atom stereocenters. The standard InChI is InChI=1S/C24H26N4O6/c1-3-12-27(13-20(29)25-19-11-7-4-8-16(19)2)21(30)15-34-22(31)14-28-24(33)18-10-6-5-9-17(18)23(32)26-28/h4-11H,3,12-15H2,1-2H3,(H,25,29)(H,26,32). The van der Waals surface area contributed by atoms with Crippen LogP contribution in [0.15, 0.2) is 58.1 Å². The van der Waals surface area contributed by atoms with Crippen LogP contribution < -0.4 is 16.4 Å². The number of para-hydroxylation sites is 1. The molecular formula is C24H26N4O6. The molecule has 3 rings (SSSR count). The Labute approximate surface area is 195 Å². The summed E-state index contributed by atoms with van der Waals surface area (Å²) in [6.07, 6.45) is 0.602. The predicted octanol–water partition coefficient (Wildman–Crippen LogP) is 1.42. The Kier molecular flexibility index (Phi) is 7.96. The van der Waals surface area contributed by atoms with E-state index >= 15 is 0 Å². The Balaban J connectivity index is 1.60. The van der Waals surface area contributed by atoms with Crippen LogP contribution in [0.4, 0.5) is 5.69 Å². The minimum absolute atomic E-state index is 0.170. The van der Waals surface area contributed by atoms with Gasteiger partial charge in [-0.15, -0.1) is 0 Å². The van der Waals surface area contributed by atoms with Crippen molar-refractivity contribution in [3.8, 4) is 0 Å². The smallest absolute Gasteiger partial charge is 0.328 e. The number of nitrogens with zero attached hydrogens (tertiary/aromatic N) is 2. The number of benzene rings is 2. The highest BCUT2D eigenvalue weighted by atomic mass is 16.5. The quantitative estimate of drug-likeness (QED) is 0.459. The summed E-state index contributed by atoms with van der Waals surface area (Å²) in [5.74, 6) is -1.79. The van der Waals surface area contributed by atoms with Crippen molar-refractivity contribution in [3.05, 3.63) is 74.8 Å². The van der Waals surface area contributed by atoms with Crippen LogP contribution in [0.3, 0.4) is 0 Å². The lowest BCUT2D eigenvalue weighted by Crippen LogP contribution is -2.41. The molecule has 0 fully saturated rings. The van der Waals surface area contributed by atoms with Crippen LogP contribution >= 0.6 is 0 Å². The van der Waals surface area contributed by atoms with Gasteiger partial charge in [-0.2, -0.15) is 0 Å². The molecule has 1 heterocycles. The van der Waals surface area contributed by atoms with Crippen LogP contribution in [0.1, 0.15) is 18.9 Å². The molecule has 0 atom stereocenters. The third-order valence-electron chi connectivity index (χ3n) is 5.13. The molecule has 178 valence electrons. The summed E-state index contributed by atoms with van der Waals surface area (Å²) >= 11 is 0. The Hall–Kier alpha value is -4.21. The lowest BCUT2D eigenvalue weighted by molar-refractivity contribution is -0.153. The van der Waals surface area contributed by atoms with E-state index in [1.165, 1.54) is 17.0 Å². The number of anilines is 1. The van der Waals surface area contributed by atoms with E-state index in [1.54, 1.807) is 24.3 Å². The molecule has 0 aliphatic rings. The summed E-state index contributed by atoms with van der Waals surface area (Å²) in [5.41, 5.74) is 0.463. The molecule has 10 nitrogen and oxygen atoms in total. The molecule has 0 saturated carbocycles. The van der Waals surface area contributed by atoms with E-state index in [2.05, 4.69) is 10.4 Å². The first-order valence-electron chi connectivity index (χ1n) is 10.8. The molecule has 2 aromatic carbocycles. The average Bonchev–Trinajstić information content (AvgIpc) is 2.82. The normalized spacial score (nSPS) is 10.6. The number of esters is 1. The number of fused-ring (bicyclic) bond motifs is 1. The second-order valence-corrected chi connectivity index (χ2v) is 7.72. The number of rotatable bonds is 9. The van der Waals surface area contributed by atoms with E-state index in [-0.39, 0.29) is 23.2 Å². The van der Waals surface area contributed by atoms with Gasteiger partial charge in [0.05, 0.1) is 17.3 Å². The van der Waals surface area contributed by atoms with E-state index in [9.17, 15) is 24.0 Å². The van der Waals surface area contributed by atoms with Crippen LogP contribution in [0.25, 0.3) is 10.8 Å². The Bertz CT molecular complexity index is 1330. The van der Waals surface area contributed by atoms with Crippen molar-refractivity contribution in [1.29, 1.82) is 0 Å². The van der Waals surface area contributed by atoms with Crippen LogP contribution in [0.5, 0.6) is 0 Å².